The molecule has 0 radical (unpaired) electrons. The Morgan fingerprint density at radius 3 is 2.24 bits per heavy atom. The highest BCUT2D eigenvalue weighted by Crippen LogP contribution is 2.25. The average molecular weight is 240 g/mol. The highest BCUT2D eigenvalue weighted by atomic mass is 16.2. The Hall–Kier alpha value is -0.900. The highest BCUT2D eigenvalue weighted by molar-refractivity contribution is 6.04. The Kier molecular flexibility index (Phi) is 5.12. The maximum atomic E-state index is 11.8. The fourth-order valence-electron chi connectivity index (χ4n) is 2.25. The van der Waals surface area contributed by atoms with Gasteiger partial charge >= 0.3 is 0 Å². The van der Waals surface area contributed by atoms with Gasteiger partial charge in [0.25, 0.3) is 0 Å². The molecule has 17 heavy (non-hydrogen) atoms. The predicted molar refractivity (Wildman–Crippen MR) is 67.4 cm³/mol. The van der Waals surface area contributed by atoms with Crippen LogP contribution in [0.25, 0.3) is 0 Å². The molecule has 0 aromatic carbocycles. The van der Waals surface area contributed by atoms with Crippen LogP contribution in [0.15, 0.2) is 0 Å². The molecule has 98 valence electrons. The monoisotopic (exact) mass is 240 g/mol. The van der Waals surface area contributed by atoms with Gasteiger partial charge in [0.15, 0.2) is 0 Å². The van der Waals surface area contributed by atoms with Crippen molar-refractivity contribution in [3.8, 4) is 0 Å². The molecule has 1 fully saturated rings. The minimum atomic E-state index is -0.145. The summed E-state index contributed by atoms with van der Waals surface area (Å²) < 4.78 is 0. The van der Waals surface area contributed by atoms with Gasteiger partial charge in [-0.3, -0.25) is 14.5 Å². The van der Waals surface area contributed by atoms with E-state index in [1.54, 1.807) is 0 Å². The maximum Gasteiger partial charge on any atom is 0.232 e. The van der Waals surface area contributed by atoms with Crippen molar-refractivity contribution >= 4 is 11.8 Å². The summed E-state index contributed by atoms with van der Waals surface area (Å²) in [5.41, 5.74) is 0. The number of carbonyl (C=O) groups excluding carboxylic acids is 2. The van der Waals surface area contributed by atoms with Crippen LogP contribution in [0.2, 0.25) is 0 Å². The summed E-state index contributed by atoms with van der Waals surface area (Å²) in [6.45, 7) is 9.41. The Morgan fingerprint density at radius 2 is 1.76 bits per heavy atom. The first kappa shape index (κ1) is 14.2. The second kappa shape index (κ2) is 6.15. The van der Waals surface area contributed by atoms with Crippen molar-refractivity contribution in [2.45, 2.75) is 46.6 Å². The topological polar surface area (TPSA) is 49.4 Å². The Bertz CT molecular complexity index is 271. The normalized spacial score (nSPS) is 26.7. The fourth-order valence-corrected chi connectivity index (χ4v) is 2.25. The van der Waals surface area contributed by atoms with Crippen molar-refractivity contribution in [2.24, 2.45) is 11.8 Å². The van der Waals surface area contributed by atoms with Gasteiger partial charge < -0.3 is 5.32 Å². The zero-order chi connectivity index (χ0) is 13.0. The number of carbonyl (C=O) groups is 2. The lowest BCUT2D eigenvalue weighted by Gasteiger charge is -2.16. The van der Waals surface area contributed by atoms with Crippen molar-refractivity contribution in [2.75, 3.05) is 13.1 Å². The van der Waals surface area contributed by atoms with E-state index in [9.17, 15) is 9.59 Å². The van der Waals surface area contributed by atoms with Crippen molar-refractivity contribution < 1.29 is 9.59 Å². The summed E-state index contributed by atoms with van der Waals surface area (Å²) in [6.07, 6.45) is 1.87. The van der Waals surface area contributed by atoms with Gasteiger partial charge in [-0.1, -0.05) is 20.8 Å². The lowest BCUT2D eigenvalue weighted by Crippen LogP contribution is -2.33. The van der Waals surface area contributed by atoms with Crippen LogP contribution in [0.4, 0.5) is 0 Å². The molecule has 1 heterocycles. The molecule has 4 nitrogen and oxygen atoms in total. The molecular weight excluding hydrogens is 216 g/mol. The lowest BCUT2D eigenvalue weighted by atomic mass is 10.00. The zero-order valence-corrected chi connectivity index (χ0v) is 11.3. The van der Waals surface area contributed by atoms with Crippen LogP contribution in [-0.2, 0) is 9.59 Å². The fraction of sp³-hybridized carbons (Fsp3) is 0.846. The standard InChI is InChI=1S/C13H24N2O2/c1-5-14-9(2)7-6-8-15-12(16)10(3)11(4)13(15)17/h9-11,14H,5-8H2,1-4H3. The molecule has 0 aromatic rings. The van der Waals surface area contributed by atoms with Crippen LogP contribution in [0.3, 0.4) is 0 Å². The van der Waals surface area contributed by atoms with Crippen LogP contribution < -0.4 is 5.32 Å². The minimum absolute atomic E-state index is 0.00129. The van der Waals surface area contributed by atoms with Gasteiger partial charge in [0.05, 0.1) is 0 Å². The Labute approximate surface area is 104 Å². The summed E-state index contributed by atoms with van der Waals surface area (Å²) in [7, 11) is 0. The quantitative estimate of drug-likeness (QED) is 0.714. The molecule has 1 aliphatic heterocycles. The third-order valence-corrected chi connectivity index (χ3v) is 3.63. The summed E-state index contributed by atoms with van der Waals surface area (Å²) in [5.74, 6) is -0.292. The molecule has 0 bridgehead atoms. The van der Waals surface area contributed by atoms with Crippen LogP contribution >= 0.6 is 0 Å². The van der Waals surface area contributed by atoms with Crippen molar-refractivity contribution in [3.05, 3.63) is 0 Å². The van der Waals surface area contributed by atoms with Crippen LogP contribution in [-0.4, -0.2) is 35.8 Å². The molecule has 3 atom stereocenters. The number of imide groups is 1. The molecule has 0 spiro atoms. The van der Waals surface area contributed by atoms with Gasteiger partial charge in [-0.2, -0.15) is 0 Å². The molecule has 1 saturated heterocycles. The smallest absolute Gasteiger partial charge is 0.232 e. The molecule has 3 unspecified atom stereocenters. The largest absolute Gasteiger partial charge is 0.315 e. The van der Waals surface area contributed by atoms with E-state index in [4.69, 9.17) is 0 Å². The number of hydrogen-bond acceptors (Lipinski definition) is 3. The Balaban J connectivity index is 2.37. The number of nitrogens with one attached hydrogen (secondary N) is 1. The van der Waals surface area contributed by atoms with E-state index in [1.807, 2.05) is 13.8 Å². The number of amides is 2. The molecule has 1 rings (SSSR count). The van der Waals surface area contributed by atoms with E-state index < -0.39 is 0 Å². The number of nitrogens with zero attached hydrogens (tertiary/aromatic N) is 1. The first-order valence-electron chi connectivity index (χ1n) is 6.57. The zero-order valence-electron chi connectivity index (χ0n) is 11.3. The van der Waals surface area contributed by atoms with Gasteiger partial charge in [0.2, 0.25) is 11.8 Å². The van der Waals surface area contributed by atoms with E-state index in [0.29, 0.717) is 12.6 Å². The molecule has 0 aliphatic carbocycles. The maximum absolute atomic E-state index is 11.8. The summed E-state index contributed by atoms with van der Waals surface area (Å²) in [6, 6.07) is 0.447. The van der Waals surface area contributed by atoms with Gasteiger partial charge in [-0.25, -0.2) is 0 Å². The van der Waals surface area contributed by atoms with Crippen LogP contribution in [0.1, 0.15) is 40.5 Å². The first-order chi connectivity index (χ1) is 7.99. The van der Waals surface area contributed by atoms with Crippen molar-refractivity contribution in [1.82, 2.24) is 10.2 Å². The second-order valence-electron chi connectivity index (χ2n) is 5.01. The van der Waals surface area contributed by atoms with Crippen LogP contribution in [0.5, 0.6) is 0 Å². The molecule has 1 N–H and O–H groups in total. The minimum Gasteiger partial charge on any atom is -0.315 e. The Morgan fingerprint density at radius 1 is 1.24 bits per heavy atom. The van der Waals surface area contributed by atoms with E-state index in [0.717, 1.165) is 19.4 Å². The van der Waals surface area contributed by atoms with Crippen molar-refractivity contribution in [3.63, 3.8) is 0 Å². The number of likely N-dealkylation sites (tertiary alicyclic amines) is 1. The van der Waals surface area contributed by atoms with Gasteiger partial charge in [0.1, 0.15) is 0 Å². The van der Waals surface area contributed by atoms with Gasteiger partial charge in [0, 0.05) is 24.4 Å². The molecule has 0 aromatic heterocycles. The summed E-state index contributed by atoms with van der Waals surface area (Å²) >= 11 is 0. The highest BCUT2D eigenvalue weighted by Gasteiger charge is 2.41. The third-order valence-electron chi connectivity index (χ3n) is 3.63. The second-order valence-corrected chi connectivity index (χ2v) is 5.01. The predicted octanol–water partition coefficient (Wildman–Crippen LogP) is 1.41. The lowest BCUT2D eigenvalue weighted by molar-refractivity contribution is -0.139. The van der Waals surface area contributed by atoms with E-state index in [1.165, 1.54) is 4.90 Å². The molecule has 2 amide bonds. The average Bonchev–Trinajstić information content (AvgIpc) is 2.47. The van der Waals surface area contributed by atoms with Gasteiger partial charge in [-0.15, -0.1) is 0 Å². The molecular formula is C13H24N2O2. The summed E-state index contributed by atoms with van der Waals surface area (Å²) in [5, 5.41) is 3.32. The molecule has 4 heteroatoms. The SMILES string of the molecule is CCNC(C)CCCN1C(=O)C(C)C(C)C1=O. The molecule has 0 saturated carbocycles. The number of rotatable bonds is 6. The van der Waals surface area contributed by atoms with E-state index >= 15 is 0 Å². The van der Waals surface area contributed by atoms with Gasteiger partial charge in [-0.05, 0) is 26.3 Å². The van der Waals surface area contributed by atoms with E-state index in [-0.39, 0.29) is 23.7 Å². The number of hydrogen-bond donors (Lipinski definition) is 1. The first-order valence-corrected chi connectivity index (χ1v) is 6.57. The van der Waals surface area contributed by atoms with Crippen LogP contribution in [0, 0.1) is 11.8 Å². The third kappa shape index (κ3) is 3.28. The summed E-state index contributed by atoms with van der Waals surface area (Å²) in [4.78, 5) is 25.1. The molecule has 1 aliphatic rings. The van der Waals surface area contributed by atoms with E-state index in [2.05, 4.69) is 19.2 Å². The van der Waals surface area contributed by atoms with Crippen molar-refractivity contribution in [1.29, 1.82) is 0 Å².